The molecule has 0 atom stereocenters. The van der Waals surface area contributed by atoms with Gasteiger partial charge in [0.25, 0.3) is 0 Å². The fraction of sp³-hybridized carbons (Fsp3) is 0.333. The summed E-state index contributed by atoms with van der Waals surface area (Å²) in [5.41, 5.74) is 0.999. The molecule has 1 amide bonds. The molecule has 3 rings (SSSR count). The summed E-state index contributed by atoms with van der Waals surface area (Å²) in [6.07, 6.45) is 3.17. The van der Waals surface area contributed by atoms with Gasteiger partial charge in [-0.1, -0.05) is 30.3 Å². The summed E-state index contributed by atoms with van der Waals surface area (Å²) in [6.45, 7) is 2.26. The number of piperazine rings is 1. The van der Waals surface area contributed by atoms with Crippen LogP contribution in [0.1, 0.15) is 5.56 Å². The Morgan fingerprint density at radius 3 is 2.36 bits per heavy atom. The van der Waals surface area contributed by atoms with E-state index in [0.717, 1.165) is 5.56 Å². The van der Waals surface area contributed by atoms with Crippen LogP contribution in [0.2, 0.25) is 0 Å². The Kier molecular flexibility index (Phi) is 5.03. The summed E-state index contributed by atoms with van der Waals surface area (Å²) in [7, 11) is -3.34. The summed E-state index contributed by atoms with van der Waals surface area (Å²) in [5, 5.41) is 0. The van der Waals surface area contributed by atoms with Crippen LogP contribution in [0.25, 0.3) is 0 Å². The fourth-order valence-electron chi connectivity index (χ4n) is 2.96. The number of benzene rings is 1. The molecule has 0 spiro atoms. The summed E-state index contributed by atoms with van der Waals surface area (Å²) < 4.78 is 23.9. The minimum absolute atomic E-state index is 0.0928. The lowest BCUT2D eigenvalue weighted by Crippen LogP contribution is -2.49. The highest BCUT2D eigenvalue weighted by Gasteiger charge is 2.25. The van der Waals surface area contributed by atoms with Gasteiger partial charge in [0.1, 0.15) is 10.7 Å². The van der Waals surface area contributed by atoms with Crippen molar-refractivity contribution in [3.05, 3.63) is 54.2 Å². The lowest BCUT2D eigenvalue weighted by molar-refractivity contribution is -0.130. The molecule has 1 fully saturated rings. The Morgan fingerprint density at radius 1 is 1.04 bits per heavy atom. The van der Waals surface area contributed by atoms with E-state index in [-0.39, 0.29) is 10.8 Å². The summed E-state index contributed by atoms with van der Waals surface area (Å²) in [4.78, 5) is 20.7. The van der Waals surface area contributed by atoms with Crippen LogP contribution in [-0.2, 0) is 21.1 Å². The first-order valence-electron chi connectivity index (χ1n) is 8.17. The maximum atomic E-state index is 12.4. The topological polar surface area (TPSA) is 70.6 Å². The number of sulfone groups is 1. The molecule has 1 aromatic carbocycles. The van der Waals surface area contributed by atoms with Crippen molar-refractivity contribution < 1.29 is 13.2 Å². The Morgan fingerprint density at radius 2 is 1.72 bits per heavy atom. The van der Waals surface area contributed by atoms with E-state index >= 15 is 0 Å². The molecule has 1 aliphatic rings. The number of aromatic nitrogens is 1. The predicted molar refractivity (Wildman–Crippen MR) is 96.3 cm³/mol. The number of hydrogen-bond acceptors (Lipinski definition) is 5. The van der Waals surface area contributed by atoms with Crippen molar-refractivity contribution in [2.24, 2.45) is 0 Å². The SMILES string of the molecule is CS(=O)(=O)c1cccnc1N1CCN(C(=O)Cc2ccccc2)CC1. The first kappa shape index (κ1) is 17.4. The Labute approximate surface area is 148 Å². The highest BCUT2D eigenvalue weighted by Crippen LogP contribution is 2.23. The Hall–Kier alpha value is -2.41. The van der Waals surface area contributed by atoms with Gasteiger partial charge in [-0.3, -0.25) is 4.79 Å². The molecule has 1 saturated heterocycles. The molecule has 0 N–H and O–H groups in total. The van der Waals surface area contributed by atoms with E-state index in [1.807, 2.05) is 40.1 Å². The monoisotopic (exact) mass is 359 g/mol. The van der Waals surface area contributed by atoms with Crippen LogP contribution >= 0.6 is 0 Å². The van der Waals surface area contributed by atoms with Crippen LogP contribution in [0.3, 0.4) is 0 Å². The largest absolute Gasteiger partial charge is 0.352 e. The van der Waals surface area contributed by atoms with Gasteiger partial charge in [-0.25, -0.2) is 13.4 Å². The van der Waals surface area contributed by atoms with Crippen molar-refractivity contribution in [2.45, 2.75) is 11.3 Å². The van der Waals surface area contributed by atoms with E-state index < -0.39 is 9.84 Å². The lowest BCUT2D eigenvalue weighted by atomic mass is 10.1. The Bertz CT molecular complexity index is 845. The second kappa shape index (κ2) is 7.23. The maximum absolute atomic E-state index is 12.4. The van der Waals surface area contributed by atoms with Gasteiger partial charge in [0.2, 0.25) is 5.91 Å². The van der Waals surface area contributed by atoms with Crippen molar-refractivity contribution in [3.63, 3.8) is 0 Å². The molecule has 25 heavy (non-hydrogen) atoms. The van der Waals surface area contributed by atoms with E-state index in [1.165, 1.54) is 6.26 Å². The maximum Gasteiger partial charge on any atom is 0.227 e. The Balaban J connectivity index is 1.66. The number of nitrogens with zero attached hydrogens (tertiary/aromatic N) is 3. The van der Waals surface area contributed by atoms with E-state index in [4.69, 9.17) is 0 Å². The van der Waals surface area contributed by atoms with E-state index in [2.05, 4.69) is 4.98 Å². The number of hydrogen-bond donors (Lipinski definition) is 0. The zero-order valence-corrected chi connectivity index (χ0v) is 14.9. The van der Waals surface area contributed by atoms with Crippen LogP contribution in [0.15, 0.2) is 53.6 Å². The number of anilines is 1. The predicted octanol–water partition coefficient (Wildman–Crippen LogP) is 1.38. The first-order chi connectivity index (χ1) is 11.9. The summed E-state index contributed by atoms with van der Waals surface area (Å²) in [6, 6.07) is 12.9. The zero-order chi connectivity index (χ0) is 17.9. The van der Waals surface area contributed by atoms with Gasteiger partial charge >= 0.3 is 0 Å². The molecule has 2 heterocycles. The van der Waals surface area contributed by atoms with Crippen LogP contribution in [0.5, 0.6) is 0 Å². The number of rotatable bonds is 4. The molecule has 1 aliphatic heterocycles. The first-order valence-corrected chi connectivity index (χ1v) is 10.1. The number of carbonyl (C=O) groups is 1. The number of amides is 1. The molecule has 2 aromatic rings. The molecule has 6 nitrogen and oxygen atoms in total. The van der Waals surface area contributed by atoms with Crippen molar-refractivity contribution in [3.8, 4) is 0 Å². The second-order valence-corrected chi connectivity index (χ2v) is 8.11. The van der Waals surface area contributed by atoms with Crippen LogP contribution in [0, 0.1) is 0 Å². The highest BCUT2D eigenvalue weighted by molar-refractivity contribution is 7.90. The smallest absolute Gasteiger partial charge is 0.227 e. The molecule has 1 aromatic heterocycles. The minimum Gasteiger partial charge on any atom is -0.352 e. The second-order valence-electron chi connectivity index (χ2n) is 6.13. The molecule has 0 aliphatic carbocycles. The van der Waals surface area contributed by atoms with Crippen LogP contribution in [-0.4, -0.2) is 56.6 Å². The highest BCUT2D eigenvalue weighted by atomic mass is 32.2. The molecule has 0 bridgehead atoms. The lowest BCUT2D eigenvalue weighted by Gasteiger charge is -2.36. The standard InChI is InChI=1S/C18H21N3O3S/c1-25(23,24)16-8-5-9-19-18(16)21-12-10-20(11-13-21)17(22)14-15-6-3-2-4-7-15/h2-9H,10-14H2,1H3. The van der Waals surface area contributed by atoms with Crippen molar-refractivity contribution in [1.29, 1.82) is 0 Å². The van der Waals surface area contributed by atoms with E-state index in [0.29, 0.717) is 38.4 Å². The van der Waals surface area contributed by atoms with Gasteiger partial charge in [-0.15, -0.1) is 0 Å². The van der Waals surface area contributed by atoms with E-state index in [1.54, 1.807) is 18.3 Å². The minimum atomic E-state index is -3.34. The van der Waals surface area contributed by atoms with Crippen molar-refractivity contribution in [2.75, 3.05) is 37.3 Å². The van der Waals surface area contributed by atoms with Gasteiger partial charge in [0.05, 0.1) is 6.42 Å². The van der Waals surface area contributed by atoms with E-state index in [9.17, 15) is 13.2 Å². The molecular formula is C18H21N3O3S. The van der Waals surface area contributed by atoms with Gasteiger partial charge in [-0.2, -0.15) is 0 Å². The number of pyridine rings is 1. The van der Waals surface area contributed by atoms with Crippen molar-refractivity contribution >= 4 is 21.6 Å². The van der Waals surface area contributed by atoms with Gasteiger partial charge in [0, 0.05) is 38.6 Å². The van der Waals surface area contributed by atoms with Gasteiger partial charge < -0.3 is 9.80 Å². The molecule has 132 valence electrons. The third kappa shape index (κ3) is 4.17. The van der Waals surface area contributed by atoms with Gasteiger partial charge in [0.15, 0.2) is 9.84 Å². The molecular weight excluding hydrogens is 338 g/mol. The molecule has 0 unspecified atom stereocenters. The average Bonchev–Trinajstić information content (AvgIpc) is 2.62. The summed E-state index contributed by atoms with van der Waals surface area (Å²) in [5.74, 6) is 0.565. The molecule has 7 heteroatoms. The average molecular weight is 359 g/mol. The van der Waals surface area contributed by atoms with Crippen LogP contribution in [0.4, 0.5) is 5.82 Å². The quantitative estimate of drug-likeness (QED) is 0.825. The number of carbonyl (C=O) groups excluding carboxylic acids is 1. The normalized spacial score (nSPS) is 15.2. The molecule has 0 radical (unpaired) electrons. The van der Waals surface area contributed by atoms with Crippen LogP contribution < -0.4 is 4.90 Å². The summed E-state index contributed by atoms with van der Waals surface area (Å²) >= 11 is 0. The third-order valence-corrected chi connectivity index (χ3v) is 5.40. The fourth-order valence-corrected chi connectivity index (χ4v) is 3.80. The van der Waals surface area contributed by atoms with Crippen molar-refractivity contribution in [1.82, 2.24) is 9.88 Å². The van der Waals surface area contributed by atoms with Gasteiger partial charge in [-0.05, 0) is 17.7 Å². The third-order valence-electron chi connectivity index (χ3n) is 4.28. The zero-order valence-electron chi connectivity index (χ0n) is 14.1. The molecule has 0 saturated carbocycles.